The monoisotopic (exact) mass is 925 g/mol. The maximum absolute atomic E-state index is 2.80. The van der Waals surface area contributed by atoms with Crippen LogP contribution in [-0.4, -0.2) is 29.3 Å². The molecule has 6 heterocycles. The molecule has 71 heavy (non-hydrogen) atoms. The van der Waals surface area contributed by atoms with Gasteiger partial charge >= 0.3 is 0 Å². The summed E-state index contributed by atoms with van der Waals surface area (Å²) in [6.45, 7) is 43.1. The van der Waals surface area contributed by atoms with Crippen molar-refractivity contribution >= 4 is 113 Å². The Balaban J connectivity index is 1.29. The van der Waals surface area contributed by atoms with Gasteiger partial charge in [-0.2, -0.15) is 0 Å². The highest BCUT2D eigenvalue weighted by molar-refractivity contribution is 7.06. The predicted molar refractivity (Wildman–Crippen MR) is 314 cm³/mol. The van der Waals surface area contributed by atoms with E-state index in [4.69, 9.17) is 0 Å². The number of aromatic nitrogens is 2. The quantitative estimate of drug-likeness (QED) is 0.153. The molecule has 0 atom stereocenters. The second-order valence-corrected chi connectivity index (χ2v) is 28.7. The van der Waals surface area contributed by atoms with Gasteiger partial charge in [-0.05, 0) is 128 Å². The largest absolute Gasteiger partial charge is 0.311 e. The number of nitrogens with zero attached hydrogens (tertiary/aromatic N) is 2. The van der Waals surface area contributed by atoms with Gasteiger partial charge < -0.3 is 9.13 Å². The first-order valence-electron chi connectivity index (χ1n) is 26.8. The van der Waals surface area contributed by atoms with Crippen LogP contribution in [0.2, 0.25) is 0 Å². The topological polar surface area (TPSA) is 9.86 Å². The van der Waals surface area contributed by atoms with Gasteiger partial charge in [-0.1, -0.05) is 214 Å². The molecule has 2 nitrogen and oxygen atoms in total. The second kappa shape index (κ2) is 13.7. The van der Waals surface area contributed by atoms with Gasteiger partial charge in [0.1, 0.15) is 0 Å². The fourth-order valence-corrected chi connectivity index (χ4v) is 13.6. The van der Waals surface area contributed by atoms with E-state index in [1.165, 1.54) is 138 Å². The Morgan fingerprint density at radius 3 is 0.775 bits per heavy atom. The molecule has 0 unspecified atom stereocenters. The molecule has 9 aromatic rings. The lowest BCUT2D eigenvalue weighted by atomic mass is 9.27. The average molecular weight is 925 g/mol. The van der Waals surface area contributed by atoms with Crippen LogP contribution < -0.4 is 49.2 Å². The minimum atomic E-state index is -0.0582. The molecule has 0 aliphatic carbocycles. The maximum atomic E-state index is 2.80. The summed E-state index contributed by atoms with van der Waals surface area (Å²) in [5.41, 5.74) is 29.6. The van der Waals surface area contributed by atoms with Gasteiger partial charge in [0.05, 0.1) is 0 Å². The fourth-order valence-electron chi connectivity index (χ4n) is 13.6. The van der Waals surface area contributed by atoms with E-state index in [1.807, 2.05) is 0 Å². The third kappa shape index (κ3) is 6.11. The van der Waals surface area contributed by atoms with E-state index in [0.717, 1.165) is 0 Å². The lowest BCUT2D eigenvalue weighted by Gasteiger charge is -2.42. The van der Waals surface area contributed by atoms with Gasteiger partial charge in [-0.3, -0.25) is 0 Å². The summed E-state index contributed by atoms with van der Waals surface area (Å²) in [4.78, 5) is 0. The summed E-state index contributed by atoms with van der Waals surface area (Å²) < 4.78 is 5.61. The Morgan fingerprint density at radius 2 is 0.521 bits per heavy atom. The Kier molecular flexibility index (Phi) is 8.71. The Labute approximate surface area is 424 Å². The molecule has 4 aliphatic rings. The highest BCUT2D eigenvalue weighted by Gasteiger charge is 2.50. The van der Waals surface area contributed by atoms with Crippen LogP contribution in [0.5, 0.6) is 0 Å². The molecule has 0 spiro atoms. The van der Waals surface area contributed by atoms with Crippen LogP contribution in [0.4, 0.5) is 0 Å². The van der Waals surface area contributed by atoms with Crippen molar-refractivity contribution in [1.29, 1.82) is 0 Å². The molecule has 0 saturated carbocycles. The molecule has 4 aliphatic heterocycles. The van der Waals surface area contributed by atoms with E-state index in [0.29, 0.717) is 0 Å². The van der Waals surface area contributed by atoms with E-state index in [1.54, 1.807) is 0 Å². The third-order valence-corrected chi connectivity index (χ3v) is 17.7. The first-order valence-corrected chi connectivity index (χ1v) is 26.8. The first kappa shape index (κ1) is 45.2. The summed E-state index contributed by atoms with van der Waals surface area (Å²) in [7, 11) is 0. The highest BCUT2D eigenvalue weighted by Crippen LogP contribution is 2.44. The summed E-state index contributed by atoms with van der Waals surface area (Å²) in [6.07, 6.45) is 0. The molecule has 0 N–H and O–H groups in total. The zero-order valence-corrected chi connectivity index (χ0v) is 45.9. The van der Waals surface area contributed by atoms with Gasteiger partial charge in [0, 0.05) is 55.0 Å². The molecule has 0 fully saturated rings. The van der Waals surface area contributed by atoms with E-state index < -0.39 is 0 Å². The Bertz CT molecular complexity index is 3600. The van der Waals surface area contributed by atoms with Crippen molar-refractivity contribution in [1.82, 2.24) is 9.13 Å². The molecular weight excluding hydrogens is 853 g/mol. The standard InChI is InChI=1S/C66H71B3N2/c1-61(2,3)36-19-23-42(24-20-36)67-48-31-38(63(7,8)9)27-44-46-29-40(65(13,14)15)33-50-57(46)70(55(44)48)59-52(67)35-53-60-54(59)69(50)51-34-41(66(16,17)18)30-47-45-28-39(64(10,11)12)32-49(56(45)71(60)58(47)51)68(53)43-25-21-37(22-26-43)62(4,5)6/h19-35H,1-18H3. The lowest BCUT2D eigenvalue weighted by molar-refractivity contribution is 0.590. The van der Waals surface area contributed by atoms with Crippen molar-refractivity contribution in [2.75, 3.05) is 0 Å². The molecule has 5 heteroatoms. The van der Waals surface area contributed by atoms with Crippen molar-refractivity contribution in [3.05, 3.63) is 137 Å². The first-order chi connectivity index (χ1) is 33.0. The van der Waals surface area contributed by atoms with Crippen LogP contribution in [0.25, 0.3) is 55.0 Å². The molecule has 0 saturated heterocycles. The molecule has 354 valence electrons. The zero-order valence-electron chi connectivity index (χ0n) is 45.9. The van der Waals surface area contributed by atoms with Crippen molar-refractivity contribution in [2.24, 2.45) is 0 Å². The second-order valence-electron chi connectivity index (χ2n) is 28.7. The Hall–Kier alpha value is -5.67. The van der Waals surface area contributed by atoms with Gasteiger partial charge in [0.2, 0.25) is 13.4 Å². The third-order valence-electron chi connectivity index (χ3n) is 17.7. The summed E-state index contributed by atoms with van der Waals surface area (Å²) in [5, 5.41) is 5.59. The molecule has 13 rings (SSSR count). The van der Waals surface area contributed by atoms with Crippen LogP contribution >= 0.6 is 0 Å². The van der Waals surface area contributed by atoms with E-state index in [-0.39, 0.29) is 52.6 Å². The van der Waals surface area contributed by atoms with Crippen LogP contribution in [0.3, 0.4) is 0 Å². The zero-order chi connectivity index (χ0) is 50.3. The lowest BCUT2D eigenvalue weighted by Crippen LogP contribution is -2.69. The van der Waals surface area contributed by atoms with Gasteiger partial charge in [-0.25, -0.2) is 0 Å². The summed E-state index contributed by atoms with van der Waals surface area (Å²) in [5.74, 6) is 0. The highest BCUT2D eigenvalue weighted by atomic mass is 15.0. The minimum absolute atomic E-state index is 0.0321. The Morgan fingerprint density at radius 1 is 0.268 bits per heavy atom. The molecule has 7 aromatic carbocycles. The number of rotatable bonds is 2. The van der Waals surface area contributed by atoms with Crippen molar-refractivity contribution in [3.63, 3.8) is 0 Å². The molecular formula is C66H71B3N2. The summed E-state index contributed by atoms with van der Waals surface area (Å²) >= 11 is 0. The number of hydrogen-bond acceptors (Lipinski definition) is 0. The van der Waals surface area contributed by atoms with Gasteiger partial charge in [0.25, 0.3) is 6.71 Å². The fraction of sp³-hybridized carbons (Fsp3) is 0.364. The van der Waals surface area contributed by atoms with Gasteiger partial charge in [0.15, 0.2) is 0 Å². The number of fused-ring (bicyclic) bond motifs is 4. The van der Waals surface area contributed by atoms with Crippen LogP contribution in [0.15, 0.2) is 103 Å². The smallest absolute Gasteiger partial charge is 0.252 e. The molecule has 0 radical (unpaired) electrons. The minimum Gasteiger partial charge on any atom is -0.311 e. The molecule has 0 amide bonds. The SMILES string of the molecule is CC(C)(C)c1ccc(B2c3cc4c5c6c3-n3c7c2cc(C(C)(C)C)cc7c2cc(C(C)(C)C)cc(c23)B6c2cc(C(C)(C)C)cc3c6cc(C(C)(C)C)cc(c6n-5c23)B4c2ccc(C(C)(C)C)cc2)cc1. The molecule has 2 aromatic heterocycles. The van der Waals surface area contributed by atoms with Crippen molar-refractivity contribution < 1.29 is 0 Å². The predicted octanol–water partition coefficient (Wildman–Crippen LogP) is 10.5. The van der Waals surface area contributed by atoms with Gasteiger partial charge in [-0.15, -0.1) is 0 Å². The van der Waals surface area contributed by atoms with E-state index >= 15 is 0 Å². The van der Waals surface area contributed by atoms with Crippen LogP contribution in [0.1, 0.15) is 158 Å². The average Bonchev–Trinajstić information content (AvgIpc) is 3.79. The normalized spacial score (nSPS) is 15.1. The molecule has 0 bridgehead atoms. The van der Waals surface area contributed by atoms with Crippen LogP contribution in [-0.2, 0) is 32.5 Å². The van der Waals surface area contributed by atoms with Crippen LogP contribution in [0, 0.1) is 0 Å². The van der Waals surface area contributed by atoms with Crippen molar-refractivity contribution in [2.45, 2.75) is 157 Å². The maximum Gasteiger partial charge on any atom is 0.252 e. The number of benzene rings is 7. The van der Waals surface area contributed by atoms with Crippen molar-refractivity contribution in [3.8, 4) is 11.4 Å². The van der Waals surface area contributed by atoms with E-state index in [9.17, 15) is 0 Å². The van der Waals surface area contributed by atoms with E-state index in [2.05, 4.69) is 237 Å². The number of hydrogen-bond donors (Lipinski definition) is 0. The summed E-state index contributed by atoms with van der Waals surface area (Å²) in [6, 6.07) is 43.3.